The summed E-state index contributed by atoms with van der Waals surface area (Å²) < 4.78 is 29.8. The van der Waals surface area contributed by atoms with Crippen LogP contribution in [0, 0.1) is 0 Å². The summed E-state index contributed by atoms with van der Waals surface area (Å²) >= 11 is 5.89. The second-order valence-electron chi connectivity index (χ2n) is 6.65. The Hall–Kier alpha value is -2.71. The molecule has 0 saturated carbocycles. The average molecular weight is 435 g/mol. The number of halogens is 1. The topological polar surface area (TPSA) is 94.8 Å². The molecule has 2 heterocycles. The van der Waals surface area contributed by atoms with Gasteiger partial charge in [0.15, 0.2) is 0 Å². The molecule has 1 atom stereocenters. The minimum atomic E-state index is -3.24. The van der Waals surface area contributed by atoms with Gasteiger partial charge in [-0.05, 0) is 24.1 Å². The van der Waals surface area contributed by atoms with Crippen molar-refractivity contribution in [2.24, 2.45) is 0 Å². The highest BCUT2D eigenvalue weighted by Crippen LogP contribution is 2.22. The molecule has 0 amide bonds. The molecule has 9 heteroatoms. The van der Waals surface area contributed by atoms with E-state index in [2.05, 4.69) is 4.98 Å². The van der Waals surface area contributed by atoms with Crippen molar-refractivity contribution in [3.63, 3.8) is 0 Å². The van der Waals surface area contributed by atoms with Gasteiger partial charge in [-0.15, -0.1) is 0 Å². The van der Waals surface area contributed by atoms with Gasteiger partial charge in [0, 0.05) is 18.5 Å². The molecule has 0 aliphatic heterocycles. The maximum atomic E-state index is 12.7. The Kier molecular flexibility index (Phi) is 6.34. The number of sulfone groups is 1. The van der Waals surface area contributed by atoms with E-state index in [1.807, 2.05) is 0 Å². The molecule has 0 bridgehead atoms. The Morgan fingerprint density at radius 1 is 1.21 bits per heavy atom. The lowest BCUT2D eigenvalue weighted by Gasteiger charge is -2.16. The monoisotopic (exact) mass is 434 g/mol. The highest BCUT2D eigenvalue weighted by molar-refractivity contribution is 7.90. The van der Waals surface area contributed by atoms with E-state index in [9.17, 15) is 18.0 Å². The van der Waals surface area contributed by atoms with Gasteiger partial charge in [0.05, 0.1) is 22.4 Å². The van der Waals surface area contributed by atoms with Gasteiger partial charge < -0.3 is 4.74 Å². The standard InChI is InChI=1S/C20H19ClN2O5S/c1-29(26,27)10-9-17(14-5-3-2-4-6-14)20(25)28-13-16-11-19(24)23-12-15(21)7-8-18(23)22-16/h2-8,11-12,17H,9-10,13H2,1H3. The number of carbonyl (C=O) groups is 1. The molecular weight excluding hydrogens is 416 g/mol. The molecule has 7 nitrogen and oxygen atoms in total. The van der Waals surface area contributed by atoms with E-state index >= 15 is 0 Å². The third kappa shape index (κ3) is 5.65. The molecule has 0 aliphatic carbocycles. The SMILES string of the molecule is CS(=O)(=O)CCC(C(=O)OCc1cc(=O)n2cc(Cl)ccc2n1)c1ccccc1. The van der Waals surface area contributed by atoms with Crippen molar-refractivity contribution < 1.29 is 17.9 Å². The van der Waals surface area contributed by atoms with E-state index in [1.54, 1.807) is 42.5 Å². The van der Waals surface area contributed by atoms with Crippen molar-refractivity contribution in [2.75, 3.05) is 12.0 Å². The second-order valence-corrected chi connectivity index (χ2v) is 9.35. The molecule has 0 spiro atoms. The first-order valence-corrected chi connectivity index (χ1v) is 11.2. The Labute approximate surface area is 172 Å². The van der Waals surface area contributed by atoms with Crippen molar-refractivity contribution in [3.05, 3.63) is 81.4 Å². The zero-order valence-electron chi connectivity index (χ0n) is 15.6. The van der Waals surface area contributed by atoms with Gasteiger partial charge in [0.1, 0.15) is 22.1 Å². The highest BCUT2D eigenvalue weighted by Gasteiger charge is 2.24. The Bertz CT molecular complexity index is 1190. The van der Waals surface area contributed by atoms with Crippen molar-refractivity contribution in [1.29, 1.82) is 0 Å². The molecule has 152 valence electrons. The predicted molar refractivity (Wildman–Crippen MR) is 110 cm³/mol. The summed E-state index contributed by atoms with van der Waals surface area (Å²) in [6, 6.07) is 13.3. The van der Waals surface area contributed by atoms with Gasteiger partial charge in [-0.25, -0.2) is 13.4 Å². The third-order valence-corrected chi connectivity index (χ3v) is 5.50. The number of pyridine rings is 1. The molecule has 1 unspecified atom stereocenters. The number of carbonyl (C=O) groups excluding carboxylic acids is 1. The molecular formula is C20H19ClN2O5S. The van der Waals surface area contributed by atoms with E-state index in [0.717, 1.165) is 6.26 Å². The third-order valence-electron chi connectivity index (χ3n) is 4.30. The fourth-order valence-electron chi connectivity index (χ4n) is 2.88. The van der Waals surface area contributed by atoms with Crippen LogP contribution in [0.25, 0.3) is 5.65 Å². The molecule has 0 saturated heterocycles. The number of esters is 1. The summed E-state index contributed by atoms with van der Waals surface area (Å²) in [5, 5.41) is 0.400. The number of nitrogens with zero attached hydrogens (tertiary/aromatic N) is 2. The van der Waals surface area contributed by atoms with Crippen LogP contribution in [0.1, 0.15) is 23.6 Å². The smallest absolute Gasteiger partial charge is 0.313 e. The van der Waals surface area contributed by atoms with Crippen molar-refractivity contribution in [2.45, 2.75) is 18.9 Å². The Balaban J connectivity index is 1.78. The molecule has 0 aliphatic rings. The highest BCUT2D eigenvalue weighted by atomic mass is 35.5. The molecule has 1 aromatic carbocycles. The fourth-order valence-corrected chi connectivity index (χ4v) is 3.71. The zero-order chi connectivity index (χ0) is 21.0. The fraction of sp³-hybridized carbons (Fsp3) is 0.250. The molecule has 29 heavy (non-hydrogen) atoms. The van der Waals surface area contributed by atoms with Gasteiger partial charge in [-0.1, -0.05) is 41.9 Å². The van der Waals surface area contributed by atoms with Crippen LogP contribution in [-0.2, 0) is 26.0 Å². The Morgan fingerprint density at radius 3 is 2.62 bits per heavy atom. The van der Waals surface area contributed by atoms with Gasteiger partial charge in [0.2, 0.25) is 0 Å². The first kappa shape index (κ1) is 21.0. The van der Waals surface area contributed by atoms with Gasteiger partial charge >= 0.3 is 5.97 Å². The number of hydrogen-bond donors (Lipinski definition) is 0. The van der Waals surface area contributed by atoms with E-state index < -0.39 is 21.7 Å². The molecule has 0 fully saturated rings. The van der Waals surface area contributed by atoms with Crippen LogP contribution in [-0.4, -0.2) is 35.8 Å². The number of hydrogen-bond acceptors (Lipinski definition) is 6. The maximum absolute atomic E-state index is 12.7. The zero-order valence-corrected chi connectivity index (χ0v) is 17.2. The number of rotatable bonds is 7. The first-order chi connectivity index (χ1) is 13.7. The lowest BCUT2D eigenvalue weighted by molar-refractivity contribution is -0.147. The van der Waals surface area contributed by atoms with Crippen LogP contribution in [0.4, 0.5) is 0 Å². The maximum Gasteiger partial charge on any atom is 0.313 e. The number of aromatic nitrogens is 2. The van der Waals surface area contributed by atoms with E-state index in [0.29, 0.717) is 21.9 Å². The minimum Gasteiger partial charge on any atom is -0.459 e. The summed E-state index contributed by atoms with van der Waals surface area (Å²) in [6.45, 7) is -0.199. The molecule has 3 rings (SSSR count). The normalized spacial score (nSPS) is 12.6. The first-order valence-electron chi connectivity index (χ1n) is 8.80. The summed E-state index contributed by atoms with van der Waals surface area (Å²) in [5.41, 5.74) is 0.993. The van der Waals surface area contributed by atoms with Gasteiger partial charge in [-0.2, -0.15) is 0 Å². The van der Waals surface area contributed by atoms with Gasteiger partial charge in [0.25, 0.3) is 5.56 Å². The quantitative estimate of drug-likeness (QED) is 0.530. The molecule has 3 aromatic rings. The van der Waals surface area contributed by atoms with Gasteiger partial charge in [-0.3, -0.25) is 14.0 Å². The van der Waals surface area contributed by atoms with Crippen molar-refractivity contribution in [3.8, 4) is 0 Å². The molecule has 0 N–H and O–H groups in total. The summed E-state index contributed by atoms with van der Waals surface area (Å²) in [4.78, 5) is 29.2. The van der Waals surface area contributed by atoms with Crippen LogP contribution >= 0.6 is 11.6 Å². The molecule has 2 aromatic heterocycles. The summed E-state index contributed by atoms with van der Waals surface area (Å²) in [6.07, 6.45) is 2.69. The number of benzene rings is 1. The number of fused-ring (bicyclic) bond motifs is 1. The lowest BCUT2D eigenvalue weighted by atomic mass is 9.97. The Morgan fingerprint density at radius 2 is 1.93 bits per heavy atom. The second kappa shape index (κ2) is 8.75. The van der Waals surface area contributed by atoms with Crippen molar-refractivity contribution in [1.82, 2.24) is 9.38 Å². The van der Waals surface area contributed by atoms with E-state index in [-0.39, 0.29) is 24.3 Å². The van der Waals surface area contributed by atoms with Crippen LogP contribution < -0.4 is 5.56 Å². The van der Waals surface area contributed by atoms with Crippen LogP contribution in [0.3, 0.4) is 0 Å². The largest absolute Gasteiger partial charge is 0.459 e. The lowest BCUT2D eigenvalue weighted by Crippen LogP contribution is -2.21. The van der Waals surface area contributed by atoms with Crippen LogP contribution in [0.15, 0.2) is 59.5 Å². The summed E-state index contributed by atoms with van der Waals surface area (Å²) in [7, 11) is -3.24. The van der Waals surface area contributed by atoms with Crippen LogP contribution in [0.2, 0.25) is 5.02 Å². The number of ether oxygens (including phenoxy) is 1. The van der Waals surface area contributed by atoms with E-state index in [1.165, 1.54) is 16.7 Å². The average Bonchev–Trinajstić information content (AvgIpc) is 2.67. The van der Waals surface area contributed by atoms with E-state index in [4.69, 9.17) is 16.3 Å². The van der Waals surface area contributed by atoms with Crippen molar-refractivity contribution >= 4 is 33.1 Å². The van der Waals surface area contributed by atoms with Crippen LogP contribution in [0.5, 0.6) is 0 Å². The summed E-state index contributed by atoms with van der Waals surface area (Å²) in [5.74, 6) is -1.44. The minimum absolute atomic E-state index is 0.105. The predicted octanol–water partition coefficient (Wildman–Crippen LogP) is 2.61. The molecule has 0 radical (unpaired) electrons.